The molecule has 0 saturated heterocycles. The number of aryl methyl sites for hydroxylation is 2. The predicted molar refractivity (Wildman–Crippen MR) is 156 cm³/mol. The zero-order valence-corrected chi connectivity index (χ0v) is 24.1. The summed E-state index contributed by atoms with van der Waals surface area (Å²) in [5.74, 6) is -0.685. The third-order valence-electron chi connectivity index (χ3n) is 6.64. The maximum absolute atomic E-state index is 14.1. The third-order valence-corrected chi connectivity index (χ3v) is 8.42. The van der Waals surface area contributed by atoms with E-state index in [9.17, 15) is 18.0 Å². The maximum Gasteiger partial charge on any atom is 0.264 e. The number of benzene rings is 3. The number of unbranched alkanes of at least 4 members (excludes halogenated alkanes) is 1. The minimum Gasteiger partial charge on any atom is -0.354 e. The number of rotatable bonds is 13. The first-order valence-electron chi connectivity index (χ1n) is 13.4. The monoisotopic (exact) mass is 549 g/mol. The van der Waals surface area contributed by atoms with Crippen LogP contribution in [-0.4, -0.2) is 44.3 Å². The van der Waals surface area contributed by atoms with E-state index in [2.05, 4.69) is 5.32 Å². The van der Waals surface area contributed by atoms with Gasteiger partial charge in [0.1, 0.15) is 12.6 Å². The van der Waals surface area contributed by atoms with Crippen LogP contribution in [0.4, 0.5) is 5.69 Å². The highest BCUT2D eigenvalue weighted by atomic mass is 32.2. The van der Waals surface area contributed by atoms with Gasteiger partial charge in [0.15, 0.2) is 0 Å². The largest absolute Gasteiger partial charge is 0.354 e. The lowest BCUT2D eigenvalue weighted by molar-refractivity contribution is -0.140. The highest BCUT2D eigenvalue weighted by molar-refractivity contribution is 7.92. The molecule has 1 unspecified atom stereocenters. The Morgan fingerprint density at radius 1 is 0.897 bits per heavy atom. The zero-order valence-electron chi connectivity index (χ0n) is 23.3. The molecule has 3 aromatic carbocycles. The van der Waals surface area contributed by atoms with E-state index < -0.39 is 28.5 Å². The molecule has 7 nitrogen and oxygen atoms in total. The van der Waals surface area contributed by atoms with Crippen molar-refractivity contribution < 1.29 is 18.0 Å². The highest BCUT2D eigenvalue weighted by Gasteiger charge is 2.34. The van der Waals surface area contributed by atoms with Gasteiger partial charge in [-0.25, -0.2) is 8.42 Å². The molecule has 0 saturated carbocycles. The normalized spacial score (nSPS) is 12.0. The van der Waals surface area contributed by atoms with Crippen molar-refractivity contribution in [3.05, 3.63) is 95.6 Å². The molecule has 3 rings (SSSR count). The van der Waals surface area contributed by atoms with Gasteiger partial charge in [0.25, 0.3) is 10.0 Å². The Hall–Kier alpha value is -3.65. The fourth-order valence-electron chi connectivity index (χ4n) is 4.52. The second-order valence-corrected chi connectivity index (χ2v) is 11.6. The summed E-state index contributed by atoms with van der Waals surface area (Å²) in [5.41, 5.74) is 3.01. The molecule has 0 heterocycles. The van der Waals surface area contributed by atoms with Gasteiger partial charge in [-0.1, -0.05) is 86.5 Å². The van der Waals surface area contributed by atoms with Gasteiger partial charge in [0, 0.05) is 13.1 Å². The number of nitrogens with one attached hydrogen (secondary N) is 1. The molecule has 0 spiro atoms. The molecule has 0 bridgehead atoms. The Labute approximate surface area is 232 Å². The van der Waals surface area contributed by atoms with Crippen LogP contribution in [0, 0.1) is 13.8 Å². The summed E-state index contributed by atoms with van der Waals surface area (Å²) >= 11 is 0. The molecule has 1 N–H and O–H groups in total. The van der Waals surface area contributed by atoms with Gasteiger partial charge >= 0.3 is 0 Å². The van der Waals surface area contributed by atoms with Crippen molar-refractivity contribution in [2.75, 3.05) is 17.4 Å². The number of anilines is 1. The fourth-order valence-corrected chi connectivity index (χ4v) is 6.02. The summed E-state index contributed by atoms with van der Waals surface area (Å²) in [4.78, 5) is 28.9. The van der Waals surface area contributed by atoms with E-state index in [0.29, 0.717) is 18.7 Å². The fraction of sp³-hybridized carbons (Fsp3) is 0.355. The van der Waals surface area contributed by atoms with Crippen molar-refractivity contribution in [2.24, 2.45) is 0 Å². The van der Waals surface area contributed by atoms with Crippen LogP contribution < -0.4 is 9.62 Å². The average molecular weight is 550 g/mol. The van der Waals surface area contributed by atoms with Gasteiger partial charge in [-0.3, -0.25) is 13.9 Å². The van der Waals surface area contributed by atoms with E-state index in [1.165, 1.54) is 21.3 Å². The van der Waals surface area contributed by atoms with Crippen molar-refractivity contribution in [3.63, 3.8) is 0 Å². The topological polar surface area (TPSA) is 86.8 Å². The second kappa shape index (κ2) is 13.9. The van der Waals surface area contributed by atoms with Crippen molar-refractivity contribution >= 4 is 27.5 Å². The van der Waals surface area contributed by atoms with Crippen LogP contribution in [0.1, 0.15) is 49.8 Å². The first-order valence-corrected chi connectivity index (χ1v) is 14.9. The summed E-state index contributed by atoms with van der Waals surface area (Å²) in [6.45, 7) is 7.94. The van der Waals surface area contributed by atoms with Crippen LogP contribution in [0.15, 0.2) is 83.8 Å². The molecular weight excluding hydrogens is 510 g/mol. The second-order valence-electron chi connectivity index (χ2n) is 9.69. The first kappa shape index (κ1) is 29.9. The molecule has 0 radical (unpaired) electrons. The lowest BCUT2D eigenvalue weighted by atomic mass is 10.1. The van der Waals surface area contributed by atoms with E-state index in [1.54, 1.807) is 24.3 Å². The van der Waals surface area contributed by atoms with Crippen molar-refractivity contribution in [2.45, 2.75) is 64.4 Å². The summed E-state index contributed by atoms with van der Waals surface area (Å²) in [6, 6.07) is 22.2. The van der Waals surface area contributed by atoms with Crippen molar-refractivity contribution in [1.82, 2.24) is 10.2 Å². The molecule has 208 valence electrons. The molecule has 0 aromatic heterocycles. The van der Waals surface area contributed by atoms with Crippen LogP contribution in [-0.2, 0) is 26.2 Å². The van der Waals surface area contributed by atoms with E-state index in [0.717, 1.165) is 29.5 Å². The van der Waals surface area contributed by atoms with Gasteiger partial charge in [-0.2, -0.15) is 0 Å². The van der Waals surface area contributed by atoms with E-state index in [-0.39, 0.29) is 17.3 Å². The van der Waals surface area contributed by atoms with Crippen LogP contribution >= 0.6 is 0 Å². The molecule has 3 aromatic rings. The number of carbonyl (C=O) groups is 2. The van der Waals surface area contributed by atoms with Crippen LogP contribution in [0.3, 0.4) is 0 Å². The number of hydrogen-bond donors (Lipinski definition) is 1. The summed E-state index contributed by atoms with van der Waals surface area (Å²) in [6.07, 6.45) is 2.17. The van der Waals surface area contributed by atoms with Crippen LogP contribution in [0.5, 0.6) is 0 Å². The Bertz CT molecular complexity index is 1340. The molecule has 0 aliphatic heterocycles. The van der Waals surface area contributed by atoms with Crippen LogP contribution in [0.2, 0.25) is 0 Å². The zero-order chi connectivity index (χ0) is 28.4. The summed E-state index contributed by atoms with van der Waals surface area (Å²) in [5, 5.41) is 2.95. The maximum atomic E-state index is 14.1. The first-order chi connectivity index (χ1) is 18.7. The third kappa shape index (κ3) is 7.69. The molecule has 2 amide bonds. The standard InChI is InChI=1S/C31H39N3O4S/c1-5-7-20-32-31(36)28(6-2)33(22-26-14-10-8-11-15-26)30(35)23-34(29-19-18-24(3)21-25(29)4)39(37,38)27-16-12-9-13-17-27/h8-19,21,28H,5-7,20,22-23H2,1-4H3,(H,32,36). The van der Waals surface area contributed by atoms with E-state index in [4.69, 9.17) is 0 Å². The number of nitrogens with zero attached hydrogens (tertiary/aromatic N) is 2. The number of sulfonamides is 1. The van der Waals surface area contributed by atoms with Crippen LogP contribution in [0.25, 0.3) is 0 Å². The molecule has 8 heteroatoms. The average Bonchev–Trinajstić information content (AvgIpc) is 2.93. The Morgan fingerprint density at radius 2 is 1.54 bits per heavy atom. The number of carbonyl (C=O) groups excluding carboxylic acids is 2. The smallest absolute Gasteiger partial charge is 0.264 e. The van der Waals surface area contributed by atoms with Crippen molar-refractivity contribution in [3.8, 4) is 0 Å². The van der Waals surface area contributed by atoms with E-state index >= 15 is 0 Å². The Morgan fingerprint density at radius 3 is 2.13 bits per heavy atom. The van der Waals surface area contributed by atoms with Gasteiger partial charge in [-0.15, -0.1) is 0 Å². The molecular formula is C31H39N3O4S. The molecule has 0 fully saturated rings. The van der Waals surface area contributed by atoms with Gasteiger partial charge in [0.2, 0.25) is 11.8 Å². The predicted octanol–water partition coefficient (Wildman–Crippen LogP) is 5.22. The summed E-state index contributed by atoms with van der Waals surface area (Å²) < 4.78 is 29.0. The Balaban J connectivity index is 2.04. The minimum absolute atomic E-state index is 0.0942. The SMILES string of the molecule is CCCCNC(=O)C(CC)N(Cc1ccccc1)C(=O)CN(c1ccc(C)cc1C)S(=O)(=O)c1ccccc1. The molecule has 0 aliphatic carbocycles. The van der Waals surface area contributed by atoms with Gasteiger partial charge in [-0.05, 0) is 56.0 Å². The quantitative estimate of drug-likeness (QED) is 0.296. The number of hydrogen-bond acceptors (Lipinski definition) is 4. The lowest BCUT2D eigenvalue weighted by Gasteiger charge is -2.33. The Kier molecular flexibility index (Phi) is 10.7. The van der Waals surface area contributed by atoms with Gasteiger partial charge < -0.3 is 10.2 Å². The number of amides is 2. The summed E-state index contributed by atoms with van der Waals surface area (Å²) in [7, 11) is -4.08. The lowest BCUT2D eigenvalue weighted by Crippen LogP contribution is -2.52. The van der Waals surface area contributed by atoms with E-state index in [1.807, 2.05) is 70.2 Å². The highest BCUT2D eigenvalue weighted by Crippen LogP contribution is 2.28. The molecule has 1 atom stereocenters. The minimum atomic E-state index is -4.08. The molecule has 0 aliphatic rings. The molecule has 39 heavy (non-hydrogen) atoms. The van der Waals surface area contributed by atoms with Crippen molar-refractivity contribution in [1.29, 1.82) is 0 Å². The van der Waals surface area contributed by atoms with Gasteiger partial charge in [0.05, 0.1) is 10.6 Å².